The topological polar surface area (TPSA) is 77.8 Å². The molecule has 1 heterocycles. The number of benzene rings is 2. The number of methoxy groups -OCH3 is 1. The van der Waals surface area contributed by atoms with Gasteiger partial charge in [-0.3, -0.25) is 4.79 Å². The number of fused-ring (bicyclic) bond motifs is 1. The second-order valence-corrected chi connectivity index (χ2v) is 5.47. The van der Waals surface area contributed by atoms with Gasteiger partial charge < -0.3 is 19.2 Å². The summed E-state index contributed by atoms with van der Waals surface area (Å²) in [5.41, 5.74) is 1.49. The molecule has 0 unspecified atom stereocenters. The summed E-state index contributed by atoms with van der Waals surface area (Å²) in [5, 5.41) is 3.55. The Hall–Kier alpha value is -3.28. The van der Waals surface area contributed by atoms with Gasteiger partial charge in [0.05, 0.1) is 7.11 Å². The summed E-state index contributed by atoms with van der Waals surface area (Å²) in [6.07, 6.45) is 0. The van der Waals surface area contributed by atoms with Gasteiger partial charge in [-0.2, -0.15) is 0 Å². The molecule has 0 radical (unpaired) electrons. The van der Waals surface area contributed by atoms with E-state index in [0.717, 1.165) is 10.9 Å². The highest BCUT2D eigenvalue weighted by molar-refractivity contribution is 5.92. The molecule has 2 aromatic carbocycles. The predicted molar refractivity (Wildman–Crippen MR) is 94.3 cm³/mol. The lowest BCUT2D eigenvalue weighted by atomic mass is 10.1. The van der Waals surface area contributed by atoms with Crippen molar-refractivity contribution in [2.75, 3.05) is 19.0 Å². The highest BCUT2D eigenvalue weighted by Gasteiger charge is 2.07. The van der Waals surface area contributed by atoms with Gasteiger partial charge >= 0.3 is 5.63 Å². The Kier molecular flexibility index (Phi) is 4.70. The quantitative estimate of drug-likeness (QED) is 0.723. The van der Waals surface area contributed by atoms with Crippen molar-refractivity contribution >= 4 is 22.6 Å². The van der Waals surface area contributed by atoms with E-state index in [-0.39, 0.29) is 12.5 Å². The number of nitrogens with one attached hydrogen (secondary N) is 1. The van der Waals surface area contributed by atoms with Crippen molar-refractivity contribution in [3.05, 3.63) is 64.5 Å². The van der Waals surface area contributed by atoms with Crippen molar-refractivity contribution < 1.29 is 18.7 Å². The maximum Gasteiger partial charge on any atom is 0.336 e. The summed E-state index contributed by atoms with van der Waals surface area (Å²) >= 11 is 0. The first-order valence-electron chi connectivity index (χ1n) is 7.66. The number of rotatable bonds is 5. The maximum absolute atomic E-state index is 12.0. The summed E-state index contributed by atoms with van der Waals surface area (Å²) in [4.78, 5) is 23.4. The van der Waals surface area contributed by atoms with E-state index in [2.05, 4.69) is 5.32 Å². The summed E-state index contributed by atoms with van der Waals surface area (Å²) < 4.78 is 15.7. The molecule has 0 aliphatic rings. The second kappa shape index (κ2) is 7.09. The first-order valence-corrected chi connectivity index (χ1v) is 7.66. The Morgan fingerprint density at radius 1 is 1.08 bits per heavy atom. The van der Waals surface area contributed by atoms with Crippen molar-refractivity contribution in [1.29, 1.82) is 0 Å². The first-order chi connectivity index (χ1) is 12.0. The van der Waals surface area contributed by atoms with Gasteiger partial charge in [-0.05, 0) is 48.9 Å². The van der Waals surface area contributed by atoms with Crippen LogP contribution in [0.5, 0.6) is 11.5 Å². The molecule has 6 heteroatoms. The molecule has 1 aromatic heterocycles. The number of aryl methyl sites for hydroxylation is 1. The molecule has 1 amide bonds. The van der Waals surface area contributed by atoms with Crippen molar-refractivity contribution in [1.82, 2.24) is 0 Å². The molecule has 0 aliphatic carbocycles. The van der Waals surface area contributed by atoms with E-state index in [0.29, 0.717) is 22.8 Å². The van der Waals surface area contributed by atoms with E-state index in [1.165, 1.54) is 6.07 Å². The standard InChI is InChI=1S/C19H17NO5/c1-12-9-19(22)25-17-10-15(7-8-16(12)17)24-11-18(21)20-13-3-5-14(23-2)6-4-13/h3-10H,11H2,1-2H3,(H,20,21). The normalized spacial score (nSPS) is 10.5. The third kappa shape index (κ3) is 3.98. The maximum atomic E-state index is 12.0. The molecule has 0 aliphatic heterocycles. The van der Waals surface area contributed by atoms with Gasteiger partial charge in [0.2, 0.25) is 0 Å². The Bertz CT molecular complexity index is 960. The number of amides is 1. The zero-order chi connectivity index (χ0) is 17.8. The van der Waals surface area contributed by atoms with Crippen molar-refractivity contribution in [3.63, 3.8) is 0 Å². The molecule has 3 aromatic rings. The van der Waals surface area contributed by atoms with Crippen molar-refractivity contribution in [3.8, 4) is 11.5 Å². The lowest BCUT2D eigenvalue weighted by molar-refractivity contribution is -0.118. The monoisotopic (exact) mass is 339 g/mol. The van der Waals surface area contributed by atoms with Crippen LogP contribution >= 0.6 is 0 Å². The van der Waals surface area contributed by atoms with Gasteiger partial charge in [-0.1, -0.05) is 0 Å². The van der Waals surface area contributed by atoms with Crippen LogP contribution in [0.25, 0.3) is 11.0 Å². The second-order valence-electron chi connectivity index (χ2n) is 5.47. The summed E-state index contributed by atoms with van der Waals surface area (Å²) in [7, 11) is 1.58. The lowest BCUT2D eigenvalue weighted by Gasteiger charge is -2.09. The van der Waals surface area contributed by atoms with Crippen molar-refractivity contribution in [2.45, 2.75) is 6.92 Å². The van der Waals surface area contributed by atoms with E-state index in [1.807, 2.05) is 6.92 Å². The molecule has 6 nitrogen and oxygen atoms in total. The number of ether oxygens (including phenoxy) is 2. The van der Waals surface area contributed by atoms with Crippen LogP contribution in [0.1, 0.15) is 5.56 Å². The molecular weight excluding hydrogens is 322 g/mol. The van der Waals surface area contributed by atoms with Crippen LogP contribution in [-0.2, 0) is 4.79 Å². The number of carbonyl (C=O) groups is 1. The van der Waals surface area contributed by atoms with Gasteiger partial charge in [-0.15, -0.1) is 0 Å². The van der Waals surface area contributed by atoms with E-state index in [4.69, 9.17) is 13.9 Å². The summed E-state index contributed by atoms with van der Waals surface area (Å²) in [6, 6.07) is 13.6. The van der Waals surface area contributed by atoms with Gasteiger partial charge in [0, 0.05) is 23.2 Å². The van der Waals surface area contributed by atoms with Crippen LogP contribution in [0.2, 0.25) is 0 Å². The molecule has 0 bridgehead atoms. The Morgan fingerprint density at radius 2 is 1.80 bits per heavy atom. The largest absolute Gasteiger partial charge is 0.497 e. The number of anilines is 1. The fraction of sp³-hybridized carbons (Fsp3) is 0.158. The molecule has 0 saturated heterocycles. The Labute approximate surface area is 144 Å². The number of carbonyl (C=O) groups excluding carboxylic acids is 1. The molecule has 3 rings (SSSR count). The lowest BCUT2D eigenvalue weighted by Crippen LogP contribution is -2.20. The molecular formula is C19H17NO5. The average Bonchev–Trinajstić information content (AvgIpc) is 2.60. The molecule has 0 atom stereocenters. The SMILES string of the molecule is COc1ccc(NC(=O)COc2ccc3c(C)cc(=O)oc3c2)cc1. The smallest absolute Gasteiger partial charge is 0.336 e. The van der Waals surface area contributed by atoms with Crippen LogP contribution < -0.4 is 20.4 Å². The van der Waals surface area contributed by atoms with Crippen LogP contribution in [0.15, 0.2) is 57.7 Å². The van der Waals surface area contributed by atoms with Gasteiger partial charge in [0.25, 0.3) is 5.91 Å². The molecule has 0 spiro atoms. The van der Waals surface area contributed by atoms with Gasteiger partial charge in [-0.25, -0.2) is 4.79 Å². The Balaban J connectivity index is 1.65. The molecule has 0 fully saturated rings. The van der Waals surface area contributed by atoms with Crippen LogP contribution in [-0.4, -0.2) is 19.6 Å². The van der Waals surface area contributed by atoms with Crippen molar-refractivity contribution in [2.24, 2.45) is 0 Å². The average molecular weight is 339 g/mol. The molecule has 128 valence electrons. The third-order valence-corrected chi connectivity index (χ3v) is 3.67. The summed E-state index contributed by atoms with van der Waals surface area (Å²) in [6.45, 7) is 1.68. The molecule has 25 heavy (non-hydrogen) atoms. The highest BCUT2D eigenvalue weighted by atomic mass is 16.5. The van der Waals surface area contributed by atoms with Crippen LogP contribution in [0.4, 0.5) is 5.69 Å². The summed E-state index contributed by atoms with van der Waals surface area (Å²) in [5.74, 6) is 0.865. The highest BCUT2D eigenvalue weighted by Crippen LogP contribution is 2.22. The van der Waals surface area contributed by atoms with E-state index >= 15 is 0 Å². The zero-order valence-corrected chi connectivity index (χ0v) is 13.9. The molecule has 0 saturated carbocycles. The van der Waals surface area contributed by atoms with Gasteiger partial charge in [0.15, 0.2) is 6.61 Å². The minimum Gasteiger partial charge on any atom is -0.497 e. The zero-order valence-electron chi connectivity index (χ0n) is 13.9. The fourth-order valence-electron chi connectivity index (χ4n) is 2.42. The Morgan fingerprint density at radius 3 is 2.52 bits per heavy atom. The fourth-order valence-corrected chi connectivity index (χ4v) is 2.42. The van der Waals surface area contributed by atoms with E-state index in [1.54, 1.807) is 49.6 Å². The predicted octanol–water partition coefficient (Wildman–Crippen LogP) is 3.13. The third-order valence-electron chi connectivity index (χ3n) is 3.67. The van der Waals surface area contributed by atoms with E-state index in [9.17, 15) is 9.59 Å². The minimum atomic E-state index is -0.417. The molecule has 1 N–H and O–H groups in total. The minimum absolute atomic E-state index is 0.159. The van der Waals surface area contributed by atoms with Gasteiger partial charge in [0.1, 0.15) is 17.1 Å². The van der Waals surface area contributed by atoms with Crippen LogP contribution in [0, 0.1) is 6.92 Å². The van der Waals surface area contributed by atoms with Crippen LogP contribution in [0.3, 0.4) is 0 Å². The first kappa shape index (κ1) is 16.6. The number of hydrogen-bond donors (Lipinski definition) is 1. The number of hydrogen-bond acceptors (Lipinski definition) is 5. The van der Waals surface area contributed by atoms with E-state index < -0.39 is 5.63 Å².